The molecule has 10 heteroatoms. The molecule has 0 amide bonds. The van der Waals surface area contributed by atoms with Crippen molar-refractivity contribution in [2.24, 2.45) is 5.92 Å². The second-order valence-corrected chi connectivity index (χ2v) is 5.36. The molecule has 0 aliphatic heterocycles. The topological polar surface area (TPSA) is 127 Å². The maximum atomic E-state index is 10.6. The van der Waals surface area contributed by atoms with Crippen molar-refractivity contribution in [2.75, 3.05) is 0 Å². The van der Waals surface area contributed by atoms with E-state index in [-0.39, 0.29) is 0 Å². The van der Waals surface area contributed by atoms with Gasteiger partial charge in [-0.3, -0.25) is 9.11 Å². The van der Waals surface area contributed by atoms with Crippen molar-refractivity contribution in [1.29, 1.82) is 0 Å². The molecular weight excluding hydrogens is 300 g/mol. The molecule has 2 atom stereocenters. The van der Waals surface area contributed by atoms with Crippen LogP contribution in [0, 0.1) is 5.92 Å². The van der Waals surface area contributed by atoms with E-state index in [1.165, 1.54) is 0 Å². The second kappa shape index (κ2) is 6.93. The van der Waals surface area contributed by atoms with Gasteiger partial charge in [0.25, 0.3) is 0 Å². The molecule has 0 aromatic carbocycles. The largest absolute Gasteiger partial charge is 0.397 e. The Morgan fingerprint density at radius 1 is 0.789 bits per heavy atom. The Morgan fingerprint density at radius 3 is 1.26 bits per heavy atom. The zero-order valence-electron chi connectivity index (χ0n) is 9.75. The van der Waals surface area contributed by atoms with Gasteiger partial charge in [-0.1, -0.05) is 18.2 Å². The first-order chi connectivity index (χ1) is 8.54. The number of hydrogen-bond acceptors (Lipinski definition) is 6. The maximum absolute atomic E-state index is 10.6. The summed E-state index contributed by atoms with van der Waals surface area (Å²) >= 11 is 0. The van der Waals surface area contributed by atoms with Gasteiger partial charge in [0.2, 0.25) is 0 Å². The summed E-state index contributed by atoms with van der Waals surface area (Å²) in [4.78, 5) is 0. The van der Waals surface area contributed by atoms with Crippen LogP contribution in [-0.4, -0.2) is 38.1 Å². The van der Waals surface area contributed by atoms with Crippen LogP contribution in [0.4, 0.5) is 0 Å². The van der Waals surface area contributed by atoms with Gasteiger partial charge in [0.05, 0.1) is 0 Å². The first-order valence-electron chi connectivity index (χ1n) is 4.73. The van der Waals surface area contributed by atoms with Crippen LogP contribution in [-0.2, 0) is 29.2 Å². The standard InChI is InChI=1S/C9H14O8S2/c1-4-7(8(5-2)16-18(10,11)12)9(6-3)17-19(13,14)15/h4-9H,1-3H2,(H,10,11,12)(H,13,14,15). The third kappa shape index (κ3) is 7.20. The highest BCUT2D eigenvalue weighted by molar-refractivity contribution is 7.81. The van der Waals surface area contributed by atoms with Crippen LogP contribution in [0.1, 0.15) is 0 Å². The molecule has 0 aliphatic carbocycles. The Morgan fingerprint density at radius 2 is 1.11 bits per heavy atom. The van der Waals surface area contributed by atoms with E-state index < -0.39 is 38.9 Å². The first-order valence-corrected chi connectivity index (χ1v) is 7.46. The van der Waals surface area contributed by atoms with E-state index in [2.05, 4.69) is 28.1 Å². The molecule has 2 N–H and O–H groups in total. The fraction of sp³-hybridized carbons (Fsp3) is 0.333. The third-order valence-corrected chi connectivity index (χ3v) is 2.89. The lowest BCUT2D eigenvalue weighted by atomic mass is 9.96. The van der Waals surface area contributed by atoms with E-state index in [9.17, 15) is 16.8 Å². The van der Waals surface area contributed by atoms with Gasteiger partial charge in [-0.25, -0.2) is 8.37 Å². The molecule has 0 radical (unpaired) electrons. The average molecular weight is 314 g/mol. The van der Waals surface area contributed by atoms with Gasteiger partial charge >= 0.3 is 20.8 Å². The molecule has 2 unspecified atom stereocenters. The third-order valence-electron chi connectivity index (χ3n) is 1.96. The molecule has 0 heterocycles. The van der Waals surface area contributed by atoms with Crippen molar-refractivity contribution in [3.8, 4) is 0 Å². The van der Waals surface area contributed by atoms with Crippen LogP contribution in [0.5, 0.6) is 0 Å². The van der Waals surface area contributed by atoms with Crippen LogP contribution in [0.25, 0.3) is 0 Å². The van der Waals surface area contributed by atoms with Crippen LogP contribution in [0.15, 0.2) is 38.0 Å². The normalized spacial score (nSPS) is 17.2. The highest BCUT2D eigenvalue weighted by Gasteiger charge is 2.31. The summed E-state index contributed by atoms with van der Waals surface area (Å²) in [6.07, 6.45) is 0.359. The van der Waals surface area contributed by atoms with Gasteiger partial charge in [-0.15, -0.1) is 19.7 Å². The van der Waals surface area contributed by atoms with Gasteiger partial charge < -0.3 is 0 Å². The lowest BCUT2D eigenvalue weighted by Crippen LogP contribution is -2.34. The first kappa shape index (κ1) is 18.0. The minimum absolute atomic E-state index is 0.990. The van der Waals surface area contributed by atoms with Gasteiger partial charge in [-0.05, 0) is 0 Å². The molecule has 0 fully saturated rings. The summed E-state index contributed by atoms with van der Waals surface area (Å²) in [5, 5.41) is 0. The van der Waals surface area contributed by atoms with Crippen molar-refractivity contribution in [1.82, 2.24) is 0 Å². The highest BCUT2D eigenvalue weighted by atomic mass is 32.3. The zero-order valence-corrected chi connectivity index (χ0v) is 11.4. The van der Waals surface area contributed by atoms with E-state index in [0.717, 1.165) is 18.2 Å². The lowest BCUT2D eigenvalue weighted by molar-refractivity contribution is 0.107. The van der Waals surface area contributed by atoms with Gasteiger partial charge in [0, 0.05) is 5.92 Å². The van der Waals surface area contributed by atoms with Crippen LogP contribution >= 0.6 is 0 Å². The van der Waals surface area contributed by atoms with Crippen LogP contribution < -0.4 is 0 Å². The molecule has 19 heavy (non-hydrogen) atoms. The Labute approximate surface area is 111 Å². The van der Waals surface area contributed by atoms with E-state index in [1.54, 1.807) is 0 Å². The monoisotopic (exact) mass is 314 g/mol. The Hall–Kier alpha value is -1.04. The zero-order chi connectivity index (χ0) is 15.3. The smallest absolute Gasteiger partial charge is 0.264 e. The van der Waals surface area contributed by atoms with Crippen molar-refractivity contribution < 1.29 is 34.3 Å². The molecule has 0 aromatic rings. The molecule has 0 spiro atoms. The molecule has 0 rings (SSSR count). The fourth-order valence-corrected chi connectivity index (χ4v) is 2.23. The summed E-state index contributed by atoms with van der Waals surface area (Å²) in [5.41, 5.74) is 0. The SMILES string of the molecule is C=CC(OS(=O)(=O)O)C(C=C)C(C=C)OS(=O)(=O)O. The van der Waals surface area contributed by atoms with Gasteiger partial charge in [-0.2, -0.15) is 16.8 Å². The highest BCUT2D eigenvalue weighted by Crippen LogP contribution is 2.21. The minimum atomic E-state index is -4.80. The molecule has 0 aliphatic rings. The quantitative estimate of drug-likeness (QED) is 0.466. The second-order valence-electron chi connectivity index (χ2n) is 3.26. The number of rotatable bonds is 9. The molecule has 0 saturated heterocycles. The predicted molar refractivity (Wildman–Crippen MR) is 66.9 cm³/mol. The Balaban J connectivity index is 5.29. The summed E-state index contributed by atoms with van der Waals surface area (Å²) < 4.78 is 68.2. The number of hydrogen-bond donors (Lipinski definition) is 2. The van der Waals surface area contributed by atoms with E-state index >= 15 is 0 Å². The molecule has 110 valence electrons. The Kier molecular flexibility index (Phi) is 6.55. The van der Waals surface area contributed by atoms with Crippen molar-refractivity contribution in [3.05, 3.63) is 38.0 Å². The molecule has 0 bridgehead atoms. The van der Waals surface area contributed by atoms with E-state index in [0.29, 0.717) is 0 Å². The van der Waals surface area contributed by atoms with Crippen molar-refractivity contribution in [2.45, 2.75) is 12.2 Å². The molecule has 0 aromatic heterocycles. The lowest BCUT2D eigenvalue weighted by Gasteiger charge is -2.25. The van der Waals surface area contributed by atoms with E-state index in [1.807, 2.05) is 0 Å². The van der Waals surface area contributed by atoms with Gasteiger partial charge in [0.1, 0.15) is 12.2 Å². The van der Waals surface area contributed by atoms with E-state index in [4.69, 9.17) is 9.11 Å². The van der Waals surface area contributed by atoms with Crippen LogP contribution in [0.2, 0.25) is 0 Å². The Bertz CT molecular complexity index is 487. The summed E-state index contributed by atoms with van der Waals surface area (Å²) in [6.45, 7) is 9.90. The van der Waals surface area contributed by atoms with Crippen molar-refractivity contribution >= 4 is 20.8 Å². The molecule has 0 saturated carbocycles. The summed E-state index contributed by atoms with van der Waals surface area (Å²) in [7, 11) is -9.59. The van der Waals surface area contributed by atoms with Crippen molar-refractivity contribution in [3.63, 3.8) is 0 Å². The predicted octanol–water partition coefficient (Wildman–Crippen LogP) is 0.537. The minimum Gasteiger partial charge on any atom is -0.264 e. The summed E-state index contributed by atoms with van der Waals surface area (Å²) in [6, 6.07) is 0. The molecule has 8 nitrogen and oxygen atoms in total. The molecular formula is C9H14O8S2. The summed E-state index contributed by atoms with van der Waals surface area (Å²) in [5.74, 6) is -1.08. The van der Waals surface area contributed by atoms with Crippen LogP contribution in [0.3, 0.4) is 0 Å². The fourth-order valence-electron chi connectivity index (χ4n) is 1.26. The maximum Gasteiger partial charge on any atom is 0.397 e. The van der Waals surface area contributed by atoms with Gasteiger partial charge in [0.15, 0.2) is 0 Å². The average Bonchev–Trinajstić information content (AvgIpc) is 2.23.